The van der Waals surface area contributed by atoms with Crippen LogP contribution < -0.4 is 21.1 Å². The van der Waals surface area contributed by atoms with Gasteiger partial charge in [0, 0.05) is 18.2 Å². The van der Waals surface area contributed by atoms with Gasteiger partial charge in [0.05, 0.1) is 7.11 Å². The van der Waals surface area contributed by atoms with Gasteiger partial charge in [-0.1, -0.05) is 19.1 Å². The molecule has 0 saturated heterocycles. The fourth-order valence-electron chi connectivity index (χ4n) is 3.99. The van der Waals surface area contributed by atoms with E-state index in [1.165, 1.54) is 24.1 Å². The Morgan fingerprint density at radius 3 is 2.25 bits per heavy atom. The summed E-state index contributed by atoms with van der Waals surface area (Å²) in [5, 5.41) is 15.6. The molecule has 4 amide bonds. The van der Waals surface area contributed by atoms with Gasteiger partial charge >= 0.3 is 6.09 Å². The van der Waals surface area contributed by atoms with Crippen LogP contribution in [0, 0.1) is 0 Å². The lowest BCUT2D eigenvalue weighted by Gasteiger charge is -2.38. The van der Waals surface area contributed by atoms with Crippen LogP contribution in [0.4, 0.5) is 10.5 Å². The van der Waals surface area contributed by atoms with E-state index in [0.29, 0.717) is 23.4 Å². The maximum atomic E-state index is 14.1. The number of carbonyl (C=O) groups excluding carboxylic acids is 4. The summed E-state index contributed by atoms with van der Waals surface area (Å²) in [6.45, 7) is 8.66. The van der Waals surface area contributed by atoms with Gasteiger partial charge in [-0.25, -0.2) is 4.79 Å². The quantitative estimate of drug-likeness (QED) is 0.309. The highest BCUT2D eigenvalue weighted by Gasteiger charge is 2.38. The number of nitrogens with zero attached hydrogens (tertiary/aromatic N) is 1. The summed E-state index contributed by atoms with van der Waals surface area (Å²) in [5.41, 5.74) is 5.33. The molecule has 5 N–H and O–H groups in total. The van der Waals surface area contributed by atoms with Gasteiger partial charge in [0.2, 0.25) is 11.8 Å². The van der Waals surface area contributed by atoms with Crippen molar-refractivity contribution >= 4 is 29.5 Å². The lowest BCUT2D eigenvalue weighted by Crippen LogP contribution is -2.55. The summed E-state index contributed by atoms with van der Waals surface area (Å²) < 4.78 is 10.5. The number of ether oxygens (including phenoxy) is 2. The molecule has 0 saturated carbocycles. The van der Waals surface area contributed by atoms with Gasteiger partial charge in [-0.15, -0.1) is 0 Å². The highest BCUT2D eigenvalue weighted by atomic mass is 16.6. The Kier molecular flexibility index (Phi) is 11.3. The normalized spacial score (nSPS) is 13.3. The number of benzene rings is 2. The third kappa shape index (κ3) is 9.48. The molecule has 0 aliphatic rings. The molecule has 2 aromatic carbocycles. The summed E-state index contributed by atoms with van der Waals surface area (Å²) >= 11 is 0. The number of nitrogens with one attached hydrogen (secondary N) is 2. The SMILES string of the molecule is CCC(C)N(C(=O)C(CCC(N)=O)NC(=O)OC(C)(C)C)C(C(=O)Nc1ccc(OC)cc1)c1cccc(O)c1. The Bertz CT molecular complexity index is 1180. The predicted molar refractivity (Wildman–Crippen MR) is 151 cm³/mol. The van der Waals surface area contributed by atoms with Crippen LogP contribution in [0.5, 0.6) is 11.5 Å². The highest BCUT2D eigenvalue weighted by molar-refractivity contribution is 5.99. The minimum Gasteiger partial charge on any atom is -0.508 e. The average Bonchev–Trinajstić information content (AvgIpc) is 2.88. The topological polar surface area (TPSA) is 160 Å². The Balaban J connectivity index is 2.55. The molecule has 2 rings (SSSR count). The van der Waals surface area contributed by atoms with Gasteiger partial charge in [-0.2, -0.15) is 0 Å². The maximum absolute atomic E-state index is 14.1. The van der Waals surface area contributed by atoms with E-state index < -0.39 is 47.5 Å². The molecule has 11 heteroatoms. The molecule has 40 heavy (non-hydrogen) atoms. The minimum absolute atomic E-state index is 0.0894. The number of hydrogen-bond donors (Lipinski definition) is 4. The monoisotopic (exact) mass is 556 g/mol. The number of alkyl carbamates (subject to hydrolysis) is 1. The van der Waals surface area contributed by atoms with E-state index in [-0.39, 0.29) is 18.6 Å². The van der Waals surface area contributed by atoms with E-state index >= 15 is 0 Å². The first-order valence-corrected chi connectivity index (χ1v) is 13.1. The number of rotatable bonds is 12. The Morgan fingerprint density at radius 2 is 1.73 bits per heavy atom. The van der Waals surface area contributed by atoms with Gasteiger partial charge in [0.1, 0.15) is 29.2 Å². The van der Waals surface area contributed by atoms with E-state index in [1.807, 2.05) is 6.92 Å². The molecule has 0 radical (unpaired) electrons. The van der Waals surface area contributed by atoms with E-state index in [2.05, 4.69) is 10.6 Å². The summed E-state index contributed by atoms with van der Waals surface area (Å²) in [6, 6.07) is 9.83. The molecule has 0 fully saturated rings. The average molecular weight is 557 g/mol. The van der Waals surface area contributed by atoms with Gasteiger partial charge in [0.15, 0.2) is 0 Å². The molecule has 0 aromatic heterocycles. The Labute approximate surface area is 235 Å². The van der Waals surface area contributed by atoms with Crippen LogP contribution in [-0.4, -0.2) is 58.6 Å². The zero-order valence-corrected chi connectivity index (χ0v) is 23.9. The second-order valence-electron chi connectivity index (χ2n) is 10.4. The van der Waals surface area contributed by atoms with Crippen molar-refractivity contribution in [3.63, 3.8) is 0 Å². The molecule has 0 heterocycles. The third-order valence-corrected chi connectivity index (χ3v) is 6.06. The fourth-order valence-corrected chi connectivity index (χ4v) is 3.99. The first-order valence-electron chi connectivity index (χ1n) is 13.1. The molecule has 0 bridgehead atoms. The summed E-state index contributed by atoms with van der Waals surface area (Å²) in [5.74, 6) is -1.30. The first kappa shape index (κ1) is 31.9. The van der Waals surface area contributed by atoms with Crippen LogP contribution in [0.25, 0.3) is 0 Å². The Hall–Kier alpha value is -4.28. The zero-order chi connectivity index (χ0) is 30.0. The number of phenols is 1. The molecule has 3 unspecified atom stereocenters. The number of phenolic OH excluding ortho intramolecular Hbond substituents is 1. The molecular weight excluding hydrogens is 516 g/mol. The molecular formula is C29H40N4O7. The van der Waals surface area contributed by atoms with Crippen LogP contribution in [0.3, 0.4) is 0 Å². The van der Waals surface area contributed by atoms with Crippen LogP contribution in [0.15, 0.2) is 48.5 Å². The highest BCUT2D eigenvalue weighted by Crippen LogP contribution is 2.30. The van der Waals surface area contributed by atoms with Crippen LogP contribution in [0.1, 0.15) is 65.5 Å². The summed E-state index contributed by atoms with van der Waals surface area (Å²) in [6.07, 6.45) is -0.676. The largest absolute Gasteiger partial charge is 0.508 e. The third-order valence-electron chi connectivity index (χ3n) is 6.06. The van der Waals surface area contributed by atoms with Crippen LogP contribution in [0.2, 0.25) is 0 Å². The van der Waals surface area contributed by atoms with Crippen molar-refractivity contribution in [1.82, 2.24) is 10.2 Å². The van der Waals surface area contributed by atoms with Gasteiger partial charge in [-0.05, 0) is 82.5 Å². The van der Waals surface area contributed by atoms with E-state index in [0.717, 1.165) is 0 Å². The van der Waals surface area contributed by atoms with E-state index in [9.17, 15) is 24.3 Å². The molecule has 3 atom stereocenters. The number of primary amides is 1. The molecule has 0 spiro atoms. The van der Waals surface area contributed by atoms with E-state index in [1.54, 1.807) is 64.1 Å². The number of carbonyl (C=O) groups is 4. The zero-order valence-electron chi connectivity index (χ0n) is 23.9. The molecule has 2 aromatic rings. The van der Waals surface area contributed by atoms with E-state index in [4.69, 9.17) is 15.2 Å². The van der Waals surface area contributed by atoms with Crippen molar-refractivity contribution < 1.29 is 33.8 Å². The van der Waals surface area contributed by atoms with Crippen molar-refractivity contribution in [2.24, 2.45) is 5.73 Å². The molecule has 218 valence electrons. The second kappa shape index (κ2) is 14.2. The number of methoxy groups -OCH3 is 1. The predicted octanol–water partition coefficient (Wildman–Crippen LogP) is 3.87. The Morgan fingerprint density at radius 1 is 1.07 bits per heavy atom. The van der Waals surface area contributed by atoms with Crippen molar-refractivity contribution in [2.75, 3.05) is 12.4 Å². The van der Waals surface area contributed by atoms with Crippen LogP contribution in [-0.2, 0) is 19.1 Å². The minimum atomic E-state index is -1.22. The number of nitrogens with two attached hydrogens (primary N) is 1. The van der Waals surface area contributed by atoms with Gasteiger partial charge < -0.3 is 35.8 Å². The first-order chi connectivity index (χ1) is 18.7. The van der Waals surface area contributed by atoms with Gasteiger partial charge in [-0.3, -0.25) is 14.4 Å². The second-order valence-corrected chi connectivity index (χ2v) is 10.4. The molecule has 11 nitrogen and oxygen atoms in total. The fraction of sp³-hybridized carbons (Fsp3) is 0.448. The summed E-state index contributed by atoms with van der Waals surface area (Å²) in [4.78, 5) is 53.6. The van der Waals surface area contributed by atoms with Crippen molar-refractivity contribution in [3.05, 3.63) is 54.1 Å². The van der Waals surface area contributed by atoms with Crippen molar-refractivity contribution in [2.45, 2.75) is 77.6 Å². The number of aromatic hydroxyl groups is 1. The van der Waals surface area contributed by atoms with Crippen LogP contribution >= 0.6 is 0 Å². The van der Waals surface area contributed by atoms with Crippen molar-refractivity contribution in [1.29, 1.82) is 0 Å². The number of amides is 4. The number of hydrogen-bond acceptors (Lipinski definition) is 7. The summed E-state index contributed by atoms with van der Waals surface area (Å²) in [7, 11) is 1.53. The molecule has 0 aliphatic heterocycles. The van der Waals surface area contributed by atoms with Gasteiger partial charge in [0.25, 0.3) is 5.91 Å². The van der Waals surface area contributed by atoms with Crippen molar-refractivity contribution in [3.8, 4) is 11.5 Å². The lowest BCUT2D eigenvalue weighted by molar-refractivity contribution is -0.143. The number of anilines is 1. The molecule has 0 aliphatic carbocycles. The lowest BCUT2D eigenvalue weighted by atomic mass is 9.98. The maximum Gasteiger partial charge on any atom is 0.408 e. The smallest absolute Gasteiger partial charge is 0.408 e. The standard InChI is InChI=1S/C29H40N4O7/c1-7-18(2)33(27(37)23(15-16-24(30)35)32-28(38)40-29(3,4)5)25(19-9-8-10-21(34)17-19)26(36)31-20-11-13-22(39-6)14-12-20/h8-14,17-18,23,25,34H,7,15-16H2,1-6H3,(H2,30,35)(H,31,36)(H,32,38).